The molecule has 1 fully saturated rings. The fourth-order valence-corrected chi connectivity index (χ4v) is 1.53. The van der Waals surface area contributed by atoms with E-state index in [1.165, 1.54) is 25.8 Å². The molecule has 54 valence electrons. The molecule has 1 aliphatic rings. The highest BCUT2D eigenvalue weighted by atomic mass is 14.9. The van der Waals surface area contributed by atoms with Crippen LogP contribution in [0.2, 0.25) is 0 Å². The Bertz CT molecular complexity index is 80.6. The first kappa shape index (κ1) is 7.07. The SMILES string of the molecule is CCC1C[C@H](C)CCN1. The Morgan fingerprint density at radius 3 is 2.78 bits per heavy atom. The van der Waals surface area contributed by atoms with Crippen LogP contribution in [0.15, 0.2) is 0 Å². The molecule has 1 heterocycles. The highest BCUT2D eigenvalue weighted by Crippen LogP contribution is 2.16. The van der Waals surface area contributed by atoms with Crippen LogP contribution in [0.4, 0.5) is 0 Å². The van der Waals surface area contributed by atoms with Gasteiger partial charge in [-0.2, -0.15) is 0 Å². The molecule has 2 atom stereocenters. The lowest BCUT2D eigenvalue weighted by Crippen LogP contribution is -2.36. The molecule has 1 N–H and O–H groups in total. The van der Waals surface area contributed by atoms with Crippen LogP contribution in [-0.2, 0) is 0 Å². The van der Waals surface area contributed by atoms with Crippen molar-refractivity contribution in [3.05, 3.63) is 0 Å². The molecule has 0 spiro atoms. The van der Waals surface area contributed by atoms with Crippen LogP contribution in [0.25, 0.3) is 0 Å². The Morgan fingerprint density at radius 1 is 1.56 bits per heavy atom. The monoisotopic (exact) mass is 127 g/mol. The predicted octanol–water partition coefficient (Wildman–Crippen LogP) is 1.78. The van der Waals surface area contributed by atoms with Gasteiger partial charge < -0.3 is 5.32 Å². The molecule has 0 bridgehead atoms. The summed E-state index contributed by atoms with van der Waals surface area (Å²) in [7, 11) is 0. The largest absolute Gasteiger partial charge is 0.314 e. The summed E-state index contributed by atoms with van der Waals surface area (Å²) in [6.07, 6.45) is 4.05. The van der Waals surface area contributed by atoms with Crippen LogP contribution in [0.5, 0.6) is 0 Å². The van der Waals surface area contributed by atoms with Gasteiger partial charge in [0.05, 0.1) is 0 Å². The molecule has 1 unspecified atom stereocenters. The Kier molecular flexibility index (Phi) is 2.52. The lowest BCUT2D eigenvalue weighted by atomic mass is 9.93. The molecular formula is C8H17N. The van der Waals surface area contributed by atoms with E-state index in [0.717, 1.165) is 12.0 Å². The van der Waals surface area contributed by atoms with E-state index in [4.69, 9.17) is 0 Å². The van der Waals surface area contributed by atoms with Crippen LogP contribution in [0.3, 0.4) is 0 Å². The van der Waals surface area contributed by atoms with Crippen molar-refractivity contribution in [3.63, 3.8) is 0 Å². The molecule has 0 aromatic rings. The molecule has 0 aliphatic carbocycles. The quantitative estimate of drug-likeness (QED) is 0.566. The van der Waals surface area contributed by atoms with Gasteiger partial charge >= 0.3 is 0 Å². The van der Waals surface area contributed by atoms with Crippen LogP contribution in [0, 0.1) is 5.92 Å². The summed E-state index contributed by atoms with van der Waals surface area (Å²) in [6.45, 7) is 5.85. The summed E-state index contributed by atoms with van der Waals surface area (Å²) in [5.41, 5.74) is 0. The maximum absolute atomic E-state index is 3.50. The third kappa shape index (κ3) is 1.98. The number of hydrogen-bond donors (Lipinski definition) is 1. The molecule has 1 saturated heterocycles. The lowest BCUT2D eigenvalue weighted by Gasteiger charge is -2.26. The highest BCUT2D eigenvalue weighted by molar-refractivity contribution is 4.74. The fourth-order valence-electron chi connectivity index (χ4n) is 1.53. The van der Waals surface area contributed by atoms with E-state index in [1.807, 2.05) is 0 Å². The van der Waals surface area contributed by atoms with Crippen LogP contribution < -0.4 is 5.32 Å². The summed E-state index contributed by atoms with van der Waals surface area (Å²) in [4.78, 5) is 0. The average Bonchev–Trinajstić information content (AvgIpc) is 1.88. The molecule has 1 rings (SSSR count). The van der Waals surface area contributed by atoms with E-state index in [9.17, 15) is 0 Å². The smallest absolute Gasteiger partial charge is 0.00669 e. The van der Waals surface area contributed by atoms with Gasteiger partial charge in [-0.25, -0.2) is 0 Å². The van der Waals surface area contributed by atoms with Crippen molar-refractivity contribution >= 4 is 0 Å². The van der Waals surface area contributed by atoms with Crippen LogP contribution >= 0.6 is 0 Å². The summed E-state index contributed by atoms with van der Waals surface area (Å²) in [5.74, 6) is 0.955. The van der Waals surface area contributed by atoms with Crippen molar-refractivity contribution in [2.75, 3.05) is 6.54 Å². The molecular weight excluding hydrogens is 110 g/mol. The Morgan fingerprint density at radius 2 is 2.33 bits per heavy atom. The molecule has 9 heavy (non-hydrogen) atoms. The minimum Gasteiger partial charge on any atom is -0.314 e. The van der Waals surface area contributed by atoms with Crippen molar-refractivity contribution in [1.29, 1.82) is 0 Å². The van der Waals surface area contributed by atoms with Crippen molar-refractivity contribution < 1.29 is 0 Å². The normalized spacial score (nSPS) is 36.7. The van der Waals surface area contributed by atoms with Gasteiger partial charge in [-0.05, 0) is 31.7 Å². The van der Waals surface area contributed by atoms with E-state index >= 15 is 0 Å². The lowest BCUT2D eigenvalue weighted by molar-refractivity contribution is 0.314. The highest BCUT2D eigenvalue weighted by Gasteiger charge is 2.15. The Labute approximate surface area is 57.8 Å². The molecule has 1 aliphatic heterocycles. The molecule has 0 aromatic carbocycles. The second-order valence-electron chi connectivity index (χ2n) is 3.19. The van der Waals surface area contributed by atoms with E-state index in [2.05, 4.69) is 19.2 Å². The van der Waals surface area contributed by atoms with Crippen molar-refractivity contribution in [2.45, 2.75) is 39.2 Å². The van der Waals surface area contributed by atoms with Gasteiger partial charge in [0.15, 0.2) is 0 Å². The van der Waals surface area contributed by atoms with Gasteiger partial charge in [-0.1, -0.05) is 13.8 Å². The van der Waals surface area contributed by atoms with Gasteiger partial charge in [0.25, 0.3) is 0 Å². The van der Waals surface area contributed by atoms with Gasteiger partial charge in [-0.15, -0.1) is 0 Å². The van der Waals surface area contributed by atoms with Crippen molar-refractivity contribution in [2.24, 2.45) is 5.92 Å². The van der Waals surface area contributed by atoms with E-state index in [-0.39, 0.29) is 0 Å². The molecule has 0 saturated carbocycles. The first-order chi connectivity index (χ1) is 4.33. The zero-order valence-electron chi connectivity index (χ0n) is 6.48. The summed E-state index contributed by atoms with van der Waals surface area (Å²) in [6, 6.07) is 0.814. The second kappa shape index (κ2) is 3.21. The first-order valence-corrected chi connectivity index (χ1v) is 4.06. The molecule has 1 nitrogen and oxygen atoms in total. The first-order valence-electron chi connectivity index (χ1n) is 4.06. The van der Waals surface area contributed by atoms with Gasteiger partial charge in [0.2, 0.25) is 0 Å². The summed E-state index contributed by atoms with van der Waals surface area (Å²) < 4.78 is 0. The van der Waals surface area contributed by atoms with Crippen molar-refractivity contribution in [1.82, 2.24) is 5.32 Å². The van der Waals surface area contributed by atoms with E-state index in [1.54, 1.807) is 0 Å². The number of piperidine rings is 1. The zero-order valence-corrected chi connectivity index (χ0v) is 6.48. The standard InChI is InChI=1S/C8H17N/c1-3-8-6-7(2)4-5-9-8/h7-9H,3-6H2,1-2H3/t7-,8?/m1/s1. The topological polar surface area (TPSA) is 12.0 Å². The third-order valence-corrected chi connectivity index (χ3v) is 2.25. The summed E-state index contributed by atoms with van der Waals surface area (Å²) >= 11 is 0. The van der Waals surface area contributed by atoms with E-state index in [0.29, 0.717) is 0 Å². The number of nitrogens with one attached hydrogen (secondary N) is 1. The maximum atomic E-state index is 3.50. The average molecular weight is 127 g/mol. The van der Waals surface area contributed by atoms with E-state index < -0.39 is 0 Å². The molecule has 1 heteroatoms. The van der Waals surface area contributed by atoms with Gasteiger partial charge in [-0.3, -0.25) is 0 Å². The van der Waals surface area contributed by atoms with Gasteiger partial charge in [0, 0.05) is 6.04 Å². The van der Waals surface area contributed by atoms with Crippen LogP contribution in [-0.4, -0.2) is 12.6 Å². The fraction of sp³-hybridized carbons (Fsp3) is 1.00. The Hall–Kier alpha value is -0.0400. The van der Waals surface area contributed by atoms with Crippen LogP contribution in [0.1, 0.15) is 33.1 Å². The second-order valence-corrected chi connectivity index (χ2v) is 3.19. The Balaban J connectivity index is 2.23. The number of rotatable bonds is 1. The summed E-state index contributed by atoms with van der Waals surface area (Å²) in [5, 5.41) is 3.50. The minimum absolute atomic E-state index is 0.814. The molecule has 0 amide bonds. The van der Waals surface area contributed by atoms with Crippen molar-refractivity contribution in [3.8, 4) is 0 Å². The molecule has 0 aromatic heterocycles. The predicted molar refractivity (Wildman–Crippen MR) is 40.5 cm³/mol. The number of hydrogen-bond acceptors (Lipinski definition) is 1. The maximum Gasteiger partial charge on any atom is 0.00669 e. The molecule has 0 radical (unpaired) electrons. The minimum atomic E-state index is 0.814. The van der Waals surface area contributed by atoms with Gasteiger partial charge in [0.1, 0.15) is 0 Å². The third-order valence-electron chi connectivity index (χ3n) is 2.25. The zero-order chi connectivity index (χ0) is 6.69.